The number of unbranched alkanes of at least 4 members (excludes halogenated alkanes) is 9. The van der Waals surface area contributed by atoms with Crippen LogP contribution in [0.25, 0.3) is 0 Å². The van der Waals surface area contributed by atoms with Crippen LogP contribution in [-0.4, -0.2) is 40.5 Å². The molecule has 0 aromatic heterocycles. The third kappa shape index (κ3) is 6.63. The van der Waals surface area contributed by atoms with Crippen LogP contribution in [-0.2, 0) is 9.59 Å². The number of nitrogens with zero attached hydrogens (tertiary/aromatic N) is 1. The van der Waals surface area contributed by atoms with E-state index in [1.165, 1.54) is 57.8 Å². The maximum Gasteiger partial charge on any atom is 0.324 e. The van der Waals surface area contributed by atoms with E-state index in [4.69, 9.17) is 0 Å². The summed E-state index contributed by atoms with van der Waals surface area (Å²) in [5.74, 6) is 0.280. The van der Waals surface area contributed by atoms with Crippen LogP contribution in [0.15, 0.2) is 0 Å². The first-order valence-electron chi connectivity index (χ1n) is 12.8. The van der Waals surface area contributed by atoms with E-state index < -0.39 is 0 Å². The molecule has 1 N–H and O–H groups in total. The molecule has 2 atom stereocenters. The predicted molar refractivity (Wildman–Crippen MR) is 125 cm³/mol. The van der Waals surface area contributed by atoms with Crippen molar-refractivity contribution in [3.63, 3.8) is 0 Å². The van der Waals surface area contributed by atoms with Crippen LogP contribution in [0.3, 0.4) is 0 Å². The zero-order valence-corrected chi connectivity index (χ0v) is 20.8. The summed E-state index contributed by atoms with van der Waals surface area (Å²) in [5, 5.41) is 3.68. The van der Waals surface area contributed by atoms with E-state index in [1.54, 1.807) is 0 Å². The van der Waals surface area contributed by atoms with Crippen molar-refractivity contribution >= 4 is 11.8 Å². The number of quaternary nitrogens is 1. The minimum absolute atomic E-state index is 0.0387. The molecule has 2 heterocycles. The topological polar surface area (TPSA) is 46.2 Å². The highest BCUT2D eigenvalue weighted by molar-refractivity contribution is 5.93. The normalized spacial score (nSPS) is 28.9. The predicted octanol–water partition coefficient (Wildman–Crippen LogP) is 6.13. The van der Waals surface area contributed by atoms with Gasteiger partial charge in [-0.1, -0.05) is 71.1 Å². The van der Waals surface area contributed by atoms with Gasteiger partial charge in [0.05, 0.1) is 19.4 Å². The van der Waals surface area contributed by atoms with Gasteiger partial charge in [0.2, 0.25) is 0 Å². The van der Waals surface area contributed by atoms with Gasteiger partial charge in [-0.25, -0.2) is 9.59 Å². The largest absolute Gasteiger partial charge is 0.324 e. The highest BCUT2D eigenvalue weighted by atomic mass is 16.2. The molecule has 0 aromatic carbocycles. The van der Waals surface area contributed by atoms with E-state index in [-0.39, 0.29) is 39.3 Å². The zero-order valence-electron chi connectivity index (χ0n) is 20.8. The van der Waals surface area contributed by atoms with Crippen LogP contribution in [0.1, 0.15) is 125 Å². The number of nitrogens with one attached hydrogen (secondary N) is 1. The number of piperidine rings is 1. The van der Waals surface area contributed by atoms with Crippen molar-refractivity contribution in [2.24, 2.45) is 5.92 Å². The molecule has 0 bridgehead atoms. The average Bonchev–Trinajstić information content (AvgIpc) is 2.85. The second-order valence-corrected chi connectivity index (χ2v) is 11.6. The second-order valence-electron chi connectivity index (χ2n) is 11.6. The van der Waals surface area contributed by atoms with Gasteiger partial charge in [0.15, 0.2) is 0 Å². The van der Waals surface area contributed by atoms with E-state index in [0.29, 0.717) is 6.42 Å². The van der Waals surface area contributed by atoms with E-state index in [0.717, 1.165) is 25.7 Å². The Balaban J connectivity index is 1.78. The monoisotopic (exact) mass is 421 g/mol. The summed E-state index contributed by atoms with van der Waals surface area (Å²) < 4.78 is 0.0387. The summed E-state index contributed by atoms with van der Waals surface area (Å²) in [6.07, 6.45) is 16.1. The van der Waals surface area contributed by atoms with Gasteiger partial charge in [0.25, 0.3) is 0 Å². The fraction of sp³-hybridized carbons (Fsp3) is 0.923. The first kappa shape index (κ1) is 25.5. The summed E-state index contributed by atoms with van der Waals surface area (Å²) >= 11 is 0. The van der Waals surface area contributed by atoms with E-state index in [9.17, 15) is 9.59 Å². The number of carbonyl (C=O) groups excluding carboxylic acids is 2. The Morgan fingerprint density at radius 1 is 0.833 bits per heavy atom. The zero-order chi connectivity index (χ0) is 22.4. The molecule has 0 saturated carbocycles. The lowest BCUT2D eigenvalue weighted by atomic mass is 9.78. The van der Waals surface area contributed by atoms with Gasteiger partial charge < -0.3 is 5.32 Å². The Bertz CT molecular complexity index is 568. The molecule has 4 heteroatoms. The maximum absolute atomic E-state index is 13.4. The third-order valence-electron chi connectivity index (χ3n) is 7.55. The summed E-state index contributed by atoms with van der Waals surface area (Å²) in [6, 6.07) is 0.0916. The number of hydrogen-bond donors (Lipinski definition) is 1. The van der Waals surface area contributed by atoms with Gasteiger partial charge in [-0.3, -0.25) is 0 Å². The molecule has 30 heavy (non-hydrogen) atoms. The molecule has 2 unspecified atom stereocenters. The maximum atomic E-state index is 13.4. The first-order chi connectivity index (χ1) is 14.0. The third-order valence-corrected chi connectivity index (χ3v) is 7.55. The quantitative estimate of drug-likeness (QED) is 0.234. The number of likely N-dealkylation sites (tertiary alicyclic amines) is 1. The molecular formula is C26H49N2O2+. The molecule has 2 aliphatic heterocycles. The summed E-state index contributed by atoms with van der Waals surface area (Å²) in [7, 11) is 1.91. The lowest BCUT2D eigenvalue weighted by Crippen LogP contribution is -2.68. The smallest absolute Gasteiger partial charge is 0.306 e. The molecule has 2 aliphatic rings. The van der Waals surface area contributed by atoms with Gasteiger partial charge in [-0.15, -0.1) is 0 Å². The van der Waals surface area contributed by atoms with Crippen molar-refractivity contribution in [2.75, 3.05) is 7.05 Å². The molecule has 2 rings (SSSR count). The van der Waals surface area contributed by atoms with Crippen LogP contribution >= 0.6 is 0 Å². The number of carbonyl (C=O) groups is 2. The number of hydrogen-bond acceptors (Lipinski definition) is 3. The molecule has 0 radical (unpaired) electrons. The van der Waals surface area contributed by atoms with Crippen LogP contribution in [0.5, 0.6) is 0 Å². The van der Waals surface area contributed by atoms with Crippen molar-refractivity contribution < 1.29 is 14.1 Å². The molecule has 4 nitrogen and oxygen atoms in total. The van der Waals surface area contributed by atoms with Crippen molar-refractivity contribution in [2.45, 2.75) is 142 Å². The lowest BCUT2D eigenvalue weighted by Gasteiger charge is -2.49. The van der Waals surface area contributed by atoms with E-state index in [2.05, 4.69) is 39.9 Å². The molecule has 0 aliphatic carbocycles. The molecule has 2 fully saturated rings. The summed E-state index contributed by atoms with van der Waals surface area (Å²) in [6.45, 7) is 11.0. The minimum atomic E-state index is -0.0577. The average molecular weight is 422 g/mol. The Morgan fingerprint density at radius 2 is 1.30 bits per heavy atom. The number of amides is 2. The number of rotatable bonds is 12. The van der Waals surface area contributed by atoms with Gasteiger partial charge in [-0.05, 0) is 34.1 Å². The van der Waals surface area contributed by atoms with Crippen molar-refractivity contribution in [3.8, 4) is 0 Å². The SMILES string of the molecule is CCCCCCCCCCCCC1CC(=O)[N+](C)(C2CC(C)(C)NC(C)(C)C2)C1=O. The van der Waals surface area contributed by atoms with Crippen molar-refractivity contribution in [1.82, 2.24) is 5.32 Å². The standard InChI is InChI=1S/C26H49N2O2/c1-7-8-9-10-11-12-13-14-15-16-17-21-18-23(29)28(6,24(21)30)22-19-25(2,3)27-26(4,5)20-22/h21-22,27H,7-20H2,1-6H3/q+1. The van der Waals surface area contributed by atoms with E-state index in [1.807, 2.05) is 7.05 Å². The van der Waals surface area contributed by atoms with Crippen LogP contribution in [0.2, 0.25) is 0 Å². The molecular weight excluding hydrogens is 372 g/mol. The van der Waals surface area contributed by atoms with E-state index >= 15 is 0 Å². The van der Waals surface area contributed by atoms with Gasteiger partial charge in [0, 0.05) is 23.9 Å². The highest BCUT2D eigenvalue weighted by Gasteiger charge is 2.59. The highest BCUT2D eigenvalue weighted by Crippen LogP contribution is 2.40. The van der Waals surface area contributed by atoms with Crippen molar-refractivity contribution in [1.29, 1.82) is 0 Å². The number of imide groups is 1. The van der Waals surface area contributed by atoms with Crippen molar-refractivity contribution in [3.05, 3.63) is 0 Å². The molecule has 0 aromatic rings. The second kappa shape index (κ2) is 10.7. The molecule has 2 amide bonds. The fourth-order valence-corrected chi connectivity index (χ4v) is 6.11. The van der Waals surface area contributed by atoms with Gasteiger partial charge in [0.1, 0.15) is 6.04 Å². The van der Waals surface area contributed by atoms with Crippen LogP contribution < -0.4 is 5.32 Å². The molecule has 174 valence electrons. The molecule has 0 spiro atoms. The Labute approximate surface area is 186 Å². The van der Waals surface area contributed by atoms with Crippen LogP contribution in [0.4, 0.5) is 0 Å². The van der Waals surface area contributed by atoms with Gasteiger partial charge >= 0.3 is 11.8 Å². The summed E-state index contributed by atoms with van der Waals surface area (Å²) in [4.78, 5) is 26.4. The Kier molecular flexibility index (Phi) is 9.12. The fourth-order valence-electron chi connectivity index (χ4n) is 6.11. The lowest BCUT2D eigenvalue weighted by molar-refractivity contribution is -0.784. The molecule has 2 saturated heterocycles. The Hall–Kier alpha value is -0.740. The van der Waals surface area contributed by atoms with Crippen LogP contribution in [0, 0.1) is 5.92 Å². The first-order valence-corrected chi connectivity index (χ1v) is 12.8. The summed E-state index contributed by atoms with van der Waals surface area (Å²) in [5.41, 5.74) is -0.105. The minimum Gasteiger partial charge on any atom is -0.306 e. The Morgan fingerprint density at radius 3 is 1.80 bits per heavy atom. The van der Waals surface area contributed by atoms with Gasteiger partial charge in [-0.2, -0.15) is 4.48 Å².